The Hall–Kier alpha value is -2.06. The molecule has 0 heterocycles. The van der Waals surface area contributed by atoms with Gasteiger partial charge in [-0.25, -0.2) is 9.18 Å². The molecule has 0 radical (unpaired) electrons. The molecule has 7 nitrogen and oxygen atoms in total. The predicted octanol–water partition coefficient (Wildman–Crippen LogP) is 3.57. The van der Waals surface area contributed by atoms with E-state index in [9.17, 15) is 24.6 Å². The van der Waals surface area contributed by atoms with Crippen molar-refractivity contribution in [2.24, 2.45) is 28.6 Å². The summed E-state index contributed by atoms with van der Waals surface area (Å²) in [4.78, 5) is 38.6. The van der Waals surface area contributed by atoms with Crippen LogP contribution in [0.5, 0.6) is 0 Å². The predicted molar refractivity (Wildman–Crippen MR) is 130 cm³/mol. The molecule has 8 heteroatoms. The molecule has 36 heavy (non-hydrogen) atoms. The number of fused-ring (bicyclic) bond motifs is 5. The highest BCUT2D eigenvalue weighted by molar-refractivity contribution is 6.01. The summed E-state index contributed by atoms with van der Waals surface area (Å²) in [7, 11) is 0. The second-order valence-corrected chi connectivity index (χ2v) is 12.2. The third-order valence-corrected chi connectivity index (χ3v) is 10.7. The monoisotopic (exact) mass is 503 g/mol. The molecule has 0 unspecified atom stereocenters. The van der Waals surface area contributed by atoms with Crippen LogP contribution in [0.2, 0.25) is 0 Å². The van der Waals surface area contributed by atoms with Crippen LogP contribution >= 0.6 is 0 Å². The third-order valence-electron chi connectivity index (χ3n) is 10.7. The van der Waals surface area contributed by atoms with E-state index in [0.29, 0.717) is 24.8 Å². The van der Waals surface area contributed by atoms with E-state index in [1.54, 1.807) is 13.0 Å². The van der Waals surface area contributed by atoms with Crippen LogP contribution in [0, 0.1) is 28.6 Å². The number of rotatable bonds is 4. The Balaban J connectivity index is 1.54. The van der Waals surface area contributed by atoms with Crippen molar-refractivity contribution in [3.63, 3.8) is 0 Å². The molecule has 0 spiro atoms. The molecule has 198 valence electrons. The van der Waals surface area contributed by atoms with Crippen molar-refractivity contribution >= 4 is 17.7 Å². The van der Waals surface area contributed by atoms with E-state index in [2.05, 4.69) is 5.32 Å². The van der Waals surface area contributed by atoms with Crippen LogP contribution < -0.4 is 5.32 Å². The van der Waals surface area contributed by atoms with Gasteiger partial charge in [-0.05, 0) is 63.5 Å². The van der Waals surface area contributed by atoms with E-state index in [1.807, 2.05) is 13.8 Å². The molecule has 5 rings (SSSR count). The van der Waals surface area contributed by atoms with Crippen molar-refractivity contribution in [1.29, 1.82) is 0 Å². The van der Waals surface area contributed by atoms with E-state index in [0.717, 1.165) is 25.7 Å². The van der Waals surface area contributed by atoms with Crippen molar-refractivity contribution in [1.82, 2.24) is 5.32 Å². The second-order valence-electron chi connectivity index (χ2n) is 12.2. The van der Waals surface area contributed by atoms with E-state index in [-0.39, 0.29) is 24.2 Å². The van der Waals surface area contributed by atoms with Gasteiger partial charge in [-0.15, -0.1) is 0 Å². The lowest BCUT2D eigenvalue weighted by molar-refractivity contribution is -0.219. The van der Waals surface area contributed by atoms with Crippen LogP contribution in [0.4, 0.5) is 9.18 Å². The van der Waals surface area contributed by atoms with Gasteiger partial charge in [0.25, 0.3) is 0 Å². The number of nitrogens with one attached hydrogen (secondary N) is 1. The fourth-order valence-corrected chi connectivity index (χ4v) is 8.93. The molecule has 4 saturated carbocycles. The van der Waals surface area contributed by atoms with Gasteiger partial charge in [0.1, 0.15) is 6.61 Å². The Kier molecular flexibility index (Phi) is 6.03. The Labute approximate surface area is 211 Å². The number of ketones is 2. The second kappa shape index (κ2) is 8.48. The Morgan fingerprint density at radius 2 is 1.89 bits per heavy atom. The summed E-state index contributed by atoms with van der Waals surface area (Å²) in [6.45, 7) is 4.58. The van der Waals surface area contributed by atoms with Crippen molar-refractivity contribution < 1.29 is 33.7 Å². The number of aliphatic hydroxyl groups is 2. The van der Waals surface area contributed by atoms with Gasteiger partial charge in [0.2, 0.25) is 5.78 Å². The molecule has 1 amide bonds. The van der Waals surface area contributed by atoms with Gasteiger partial charge >= 0.3 is 6.09 Å². The maximum Gasteiger partial charge on any atom is 0.408 e. The molecular weight excluding hydrogens is 465 g/mol. The normalized spacial score (nSPS) is 45.9. The van der Waals surface area contributed by atoms with Crippen LogP contribution in [0.25, 0.3) is 0 Å². The SMILES string of the molecule is C[C@H]1C[C@H]2[C@@H]3CCC4=CC(=O)C=C[C@]4(C)[C@@]3(F)[C@@H](O)C[C@]2(C)[C@@]1(OC(=O)NC1CCCC1)C(=O)CO. The Bertz CT molecular complexity index is 1040. The first-order valence-electron chi connectivity index (χ1n) is 13.4. The first-order valence-corrected chi connectivity index (χ1v) is 13.4. The highest BCUT2D eigenvalue weighted by atomic mass is 19.1. The largest absolute Gasteiger partial charge is 0.434 e. The summed E-state index contributed by atoms with van der Waals surface area (Å²) in [6.07, 6.45) is 7.32. The number of hydrogen-bond acceptors (Lipinski definition) is 6. The zero-order valence-corrected chi connectivity index (χ0v) is 21.4. The lowest BCUT2D eigenvalue weighted by Gasteiger charge is -2.62. The maximum atomic E-state index is 17.4. The molecule has 0 aromatic carbocycles. The first kappa shape index (κ1) is 25.6. The molecule has 8 atom stereocenters. The van der Waals surface area contributed by atoms with Crippen molar-refractivity contribution in [3.8, 4) is 0 Å². The molecule has 0 bridgehead atoms. The number of Topliss-reactive ketones (excluding diaryl/α,β-unsaturated/α-hetero) is 1. The van der Waals surface area contributed by atoms with Crippen molar-refractivity contribution in [2.45, 2.75) is 95.6 Å². The van der Waals surface area contributed by atoms with Crippen LogP contribution in [-0.2, 0) is 14.3 Å². The quantitative estimate of drug-likeness (QED) is 0.541. The summed E-state index contributed by atoms with van der Waals surface area (Å²) >= 11 is 0. The number of allylic oxidation sites excluding steroid dienone is 4. The number of alkyl carbamates (subject to hydrolysis) is 1. The van der Waals surface area contributed by atoms with E-state index in [1.165, 1.54) is 12.2 Å². The molecule has 3 N–H and O–H groups in total. The first-order chi connectivity index (χ1) is 16.9. The van der Waals surface area contributed by atoms with Gasteiger partial charge in [-0.1, -0.05) is 38.3 Å². The zero-order chi connectivity index (χ0) is 26.1. The highest BCUT2D eigenvalue weighted by Crippen LogP contribution is 2.71. The standard InChI is InChI=1S/C28H38FNO6/c1-16-12-21-20-9-8-17-13-19(32)10-11-25(17,2)27(20,29)22(33)14-26(21,3)28(16,23(34)15-31)36-24(35)30-18-6-4-5-7-18/h10-11,13,16,18,20-22,31,33H,4-9,12,14-15H2,1-3H3,(H,30,35)/t16-,20-,21-,22-,25-,26-,27-,28-/m0/s1. The van der Waals surface area contributed by atoms with Gasteiger partial charge in [0.15, 0.2) is 17.1 Å². The number of carbonyl (C=O) groups is 3. The van der Waals surface area contributed by atoms with Gasteiger partial charge < -0.3 is 20.3 Å². The topological polar surface area (TPSA) is 113 Å². The zero-order valence-electron chi connectivity index (χ0n) is 21.4. The maximum absolute atomic E-state index is 17.4. The molecule has 5 aliphatic rings. The molecule has 0 aliphatic heterocycles. The summed E-state index contributed by atoms with van der Waals surface area (Å²) in [6, 6.07) is -0.0150. The summed E-state index contributed by atoms with van der Waals surface area (Å²) in [5, 5.41) is 24.4. The van der Waals surface area contributed by atoms with Gasteiger partial charge in [0.05, 0.1) is 6.10 Å². The summed E-state index contributed by atoms with van der Waals surface area (Å²) in [5.41, 5.74) is -5.23. The van der Waals surface area contributed by atoms with Crippen molar-refractivity contribution in [3.05, 3.63) is 23.8 Å². The number of aliphatic hydroxyl groups excluding tert-OH is 2. The Morgan fingerprint density at radius 3 is 2.56 bits per heavy atom. The van der Waals surface area contributed by atoms with Crippen LogP contribution in [0.15, 0.2) is 23.8 Å². The number of alkyl halides is 1. The average molecular weight is 504 g/mol. The minimum Gasteiger partial charge on any atom is -0.434 e. The smallest absolute Gasteiger partial charge is 0.408 e. The number of carbonyl (C=O) groups excluding carboxylic acids is 3. The van der Waals surface area contributed by atoms with E-state index < -0.39 is 58.5 Å². The van der Waals surface area contributed by atoms with Gasteiger partial charge in [-0.3, -0.25) is 9.59 Å². The van der Waals surface area contributed by atoms with Crippen LogP contribution in [0.1, 0.15) is 72.1 Å². The number of halogens is 1. The number of ether oxygens (including phenoxy) is 1. The average Bonchev–Trinajstić information content (AvgIpc) is 3.40. The summed E-state index contributed by atoms with van der Waals surface area (Å²) < 4.78 is 23.4. The molecule has 0 aromatic heterocycles. The minimum absolute atomic E-state index is 0.0150. The Morgan fingerprint density at radius 1 is 1.19 bits per heavy atom. The molecule has 0 saturated heterocycles. The number of amides is 1. The minimum atomic E-state index is -2.04. The van der Waals surface area contributed by atoms with Crippen molar-refractivity contribution in [2.75, 3.05) is 6.61 Å². The summed E-state index contributed by atoms with van der Waals surface area (Å²) in [5.74, 6) is -2.22. The highest BCUT2D eigenvalue weighted by Gasteiger charge is 2.77. The van der Waals surface area contributed by atoms with Gasteiger partial charge in [-0.2, -0.15) is 0 Å². The van der Waals surface area contributed by atoms with Gasteiger partial charge in [0, 0.05) is 28.7 Å². The van der Waals surface area contributed by atoms with E-state index in [4.69, 9.17) is 4.74 Å². The third kappa shape index (κ3) is 3.19. The molecule has 0 aromatic rings. The van der Waals surface area contributed by atoms with E-state index >= 15 is 4.39 Å². The molecule has 5 aliphatic carbocycles. The molecule has 4 fully saturated rings. The lowest BCUT2D eigenvalue weighted by atomic mass is 9.44. The van der Waals surface area contributed by atoms with Crippen LogP contribution in [-0.4, -0.2) is 57.9 Å². The fraction of sp³-hybridized carbons (Fsp3) is 0.750. The molecular formula is C28H38FNO6. The number of hydrogen-bond donors (Lipinski definition) is 3. The lowest BCUT2D eigenvalue weighted by Crippen LogP contribution is -2.70. The fourth-order valence-electron chi connectivity index (χ4n) is 8.93. The van der Waals surface area contributed by atoms with Crippen LogP contribution in [0.3, 0.4) is 0 Å².